The minimum Gasteiger partial charge on any atom is -0.380 e. The molecule has 0 spiro atoms. The number of carbonyl (C=O) groups excluding carboxylic acids is 1. The smallest absolute Gasteiger partial charge is 0.253 e. The molecule has 2 fully saturated rings. The maximum Gasteiger partial charge on any atom is 0.253 e. The molecular formula is C23H28FN3O3. The molecule has 2 N–H and O–H groups in total. The van der Waals surface area contributed by atoms with Gasteiger partial charge in [0.1, 0.15) is 17.2 Å². The fourth-order valence-electron chi connectivity index (χ4n) is 4.58. The Morgan fingerprint density at radius 1 is 1.10 bits per heavy atom. The van der Waals surface area contributed by atoms with Crippen molar-refractivity contribution in [1.29, 1.82) is 0 Å². The predicted molar refractivity (Wildman–Crippen MR) is 117 cm³/mol. The van der Waals surface area contributed by atoms with E-state index in [9.17, 15) is 18.8 Å². The maximum atomic E-state index is 13.7. The highest BCUT2D eigenvalue weighted by Gasteiger charge is 2.30. The zero-order valence-electron chi connectivity index (χ0n) is 17.3. The van der Waals surface area contributed by atoms with Gasteiger partial charge in [0.15, 0.2) is 0 Å². The molecular weight excluding hydrogens is 385 g/mol. The van der Waals surface area contributed by atoms with E-state index < -0.39 is 5.43 Å². The van der Waals surface area contributed by atoms with Gasteiger partial charge >= 0.3 is 0 Å². The molecule has 0 unspecified atom stereocenters. The fourth-order valence-corrected chi connectivity index (χ4v) is 4.58. The summed E-state index contributed by atoms with van der Waals surface area (Å²) in [5.74, 6) is -0.115. The van der Waals surface area contributed by atoms with E-state index in [1.807, 2.05) is 4.90 Å². The van der Waals surface area contributed by atoms with Crippen LogP contribution < -0.4 is 26.4 Å². The Kier molecular flexibility index (Phi) is 5.88. The minimum absolute atomic E-state index is 0.0662. The number of hydrogen-bond acceptors (Lipinski definition) is 5. The van der Waals surface area contributed by atoms with Gasteiger partial charge in [-0.05, 0) is 69.1 Å². The Hall–Kier alpha value is -2.70. The van der Waals surface area contributed by atoms with E-state index in [2.05, 4.69) is 10.6 Å². The molecule has 2 aromatic carbocycles. The number of rotatable bonds is 6. The van der Waals surface area contributed by atoms with Gasteiger partial charge in [-0.2, -0.15) is 0 Å². The molecule has 0 aromatic heterocycles. The van der Waals surface area contributed by atoms with E-state index in [4.69, 9.17) is 0 Å². The molecule has 30 heavy (non-hydrogen) atoms. The lowest BCUT2D eigenvalue weighted by Gasteiger charge is -2.29. The van der Waals surface area contributed by atoms with E-state index in [-0.39, 0.29) is 23.1 Å². The average Bonchev–Trinajstić information content (AvgIpc) is 3.27. The third-order valence-corrected chi connectivity index (χ3v) is 6.53. The summed E-state index contributed by atoms with van der Waals surface area (Å²) in [6, 6.07) is 4.73. The molecule has 1 heterocycles. The quantitative estimate of drug-likeness (QED) is 0.711. The first-order chi connectivity index (χ1) is 14.4. The summed E-state index contributed by atoms with van der Waals surface area (Å²) in [5, 5.41) is 6.04. The van der Waals surface area contributed by atoms with Crippen LogP contribution in [0.4, 0.5) is 21.5 Å². The summed E-state index contributed by atoms with van der Waals surface area (Å²) in [7, 11) is 0. The number of halogens is 1. The first kappa shape index (κ1) is 20.6. The summed E-state index contributed by atoms with van der Waals surface area (Å²) in [6.07, 6.45) is 5.39. The summed E-state index contributed by atoms with van der Waals surface area (Å²) in [4.78, 5) is 38.5. The van der Waals surface area contributed by atoms with Gasteiger partial charge in [0.25, 0.3) is 10.9 Å². The molecule has 7 heteroatoms. The molecule has 1 aliphatic heterocycles. The highest BCUT2D eigenvalue weighted by molar-refractivity contribution is 5.92. The lowest BCUT2D eigenvalue weighted by Crippen LogP contribution is -2.42. The molecule has 4 rings (SSSR count). The standard InChI is InChI=1S/C23H28FN3O3/c1-14-4-9-17(12-18(14)24)26-23(30)16-7-5-15(6-8-16)13-25-19-20(22(29)21(19)28)27-10-2-3-11-27/h4,9,12,15-16,25H,2-3,5-8,10-11,13H2,1H3,(H,26,30). The van der Waals surface area contributed by atoms with Crippen molar-refractivity contribution in [2.75, 3.05) is 35.2 Å². The van der Waals surface area contributed by atoms with Gasteiger partial charge in [0, 0.05) is 31.2 Å². The number of hydrogen-bond donors (Lipinski definition) is 2. The van der Waals surface area contributed by atoms with Crippen LogP contribution in [0.2, 0.25) is 0 Å². The number of carbonyl (C=O) groups is 1. The van der Waals surface area contributed by atoms with E-state index in [1.54, 1.807) is 19.1 Å². The van der Waals surface area contributed by atoms with Crippen LogP contribution in [-0.2, 0) is 4.79 Å². The Morgan fingerprint density at radius 2 is 1.80 bits per heavy atom. The monoisotopic (exact) mass is 413 g/mol. The zero-order valence-corrected chi connectivity index (χ0v) is 17.3. The third kappa shape index (κ3) is 4.11. The number of amides is 1. The number of anilines is 3. The molecule has 0 radical (unpaired) electrons. The number of nitrogens with zero attached hydrogens (tertiary/aromatic N) is 1. The Morgan fingerprint density at radius 3 is 2.47 bits per heavy atom. The highest BCUT2D eigenvalue weighted by atomic mass is 19.1. The van der Waals surface area contributed by atoms with Gasteiger partial charge in [-0.1, -0.05) is 6.07 Å². The second kappa shape index (κ2) is 8.58. The number of nitrogens with one attached hydrogen (secondary N) is 2. The average molecular weight is 413 g/mol. The minimum atomic E-state index is -0.407. The summed E-state index contributed by atoms with van der Waals surface area (Å²) >= 11 is 0. The third-order valence-electron chi connectivity index (χ3n) is 6.53. The lowest BCUT2D eigenvalue weighted by molar-refractivity contribution is -0.121. The second-order valence-corrected chi connectivity index (χ2v) is 8.63. The fraction of sp³-hybridized carbons (Fsp3) is 0.522. The maximum absolute atomic E-state index is 13.7. The molecule has 160 valence electrons. The van der Waals surface area contributed by atoms with Crippen LogP contribution in [0.1, 0.15) is 44.1 Å². The van der Waals surface area contributed by atoms with Gasteiger partial charge < -0.3 is 15.5 Å². The predicted octanol–water partition coefficient (Wildman–Crippen LogP) is 3.19. The van der Waals surface area contributed by atoms with Crippen LogP contribution in [0.25, 0.3) is 0 Å². The highest BCUT2D eigenvalue weighted by Crippen LogP contribution is 2.31. The van der Waals surface area contributed by atoms with Crippen molar-refractivity contribution in [3.8, 4) is 0 Å². The molecule has 2 aromatic rings. The van der Waals surface area contributed by atoms with Gasteiger partial charge in [-0.3, -0.25) is 14.4 Å². The molecule has 6 nitrogen and oxygen atoms in total. The summed E-state index contributed by atoms with van der Waals surface area (Å²) in [6.45, 7) is 4.01. The lowest BCUT2D eigenvalue weighted by atomic mass is 9.81. The Bertz CT molecular complexity index is 998. The van der Waals surface area contributed by atoms with Crippen molar-refractivity contribution >= 4 is 23.0 Å². The Labute approximate surface area is 175 Å². The van der Waals surface area contributed by atoms with Crippen LogP contribution in [0.15, 0.2) is 27.8 Å². The number of benzene rings is 1. The van der Waals surface area contributed by atoms with Crippen molar-refractivity contribution in [3.05, 3.63) is 50.0 Å². The summed E-state index contributed by atoms with van der Waals surface area (Å²) in [5.41, 5.74) is 1.30. The van der Waals surface area contributed by atoms with Crippen LogP contribution >= 0.6 is 0 Å². The SMILES string of the molecule is Cc1ccc(NC(=O)C2CCC(CNc3c(N4CCCC4)c(=O)c3=O)CC2)cc1F. The van der Waals surface area contributed by atoms with Gasteiger partial charge in [-0.25, -0.2) is 4.39 Å². The second-order valence-electron chi connectivity index (χ2n) is 8.63. The van der Waals surface area contributed by atoms with Crippen LogP contribution in [0.5, 0.6) is 0 Å². The van der Waals surface area contributed by atoms with Gasteiger partial charge in [0.05, 0.1) is 0 Å². The van der Waals surface area contributed by atoms with Crippen molar-refractivity contribution < 1.29 is 9.18 Å². The van der Waals surface area contributed by atoms with Crippen molar-refractivity contribution in [2.45, 2.75) is 45.4 Å². The Balaban J connectivity index is 1.27. The number of aryl methyl sites for hydroxylation is 1. The topological polar surface area (TPSA) is 78.5 Å². The van der Waals surface area contributed by atoms with Gasteiger partial charge in [-0.15, -0.1) is 0 Å². The normalized spacial score (nSPS) is 21.7. The molecule has 1 aliphatic carbocycles. The molecule has 1 saturated carbocycles. The molecule has 1 saturated heterocycles. The molecule has 0 atom stereocenters. The van der Waals surface area contributed by atoms with Crippen molar-refractivity contribution in [2.24, 2.45) is 11.8 Å². The van der Waals surface area contributed by atoms with Crippen LogP contribution in [0.3, 0.4) is 0 Å². The van der Waals surface area contributed by atoms with Gasteiger partial charge in [0.2, 0.25) is 5.91 Å². The molecule has 1 amide bonds. The van der Waals surface area contributed by atoms with E-state index in [0.29, 0.717) is 35.1 Å². The first-order valence-electron chi connectivity index (χ1n) is 10.8. The van der Waals surface area contributed by atoms with E-state index >= 15 is 0 Å². The largest absolute Gasteiger partial charge is 0.380 e. The molecule has 2 aliphatic rings. The van der Waals surface area contributed by atoms with Crippen molar-refractivity contribution in [3.63, 3.8) is 0 Å². The summed E-state index contributed by atoms with van der Waals surface area (Å²) < 4.78 is 13.7. The van der Waals surface area contributed by atoms with E-state index in [0.717, 1.165) is 51.6 Å². The van der Waals surface area contributed by atoms with Crippen LogP contribution in [0, 0.1) is 24.6 Å². The van der Waals surface area contributed by atoms with Crippen LogP contribution in [-0.4, -0.2) is 25.5 Å². The first-order valence-corrected chi connectivity index (χ1v) is 10.8. The zero-order chi connectivity index (χ0) is 21.3. The van der Waals surface area contributed by atoms with Crippen molar-refractivity contribution in [1.82, 2.24) is 0 Å². The van der Waals surface area contributed by atoms with E-state index in [1.165, 1.54) is 6.07 Å². The molecule has 0 bridgehead atoms.